The maximum atomic E-state index is 13.0. The molecule has 0 aromatic heterocycles. The van der Waals surface area contributed by atoms with Gasteiger partial charge in [-0.2, -0.15) is 0 Å². The average molecular weight is 500 g/mol. The van der Waals surface area contributed by atoms with Crippen molar-refractivity contribution in [3.8, 4) is 0 Å². The molecule has 0 aliphatic rings. The van der Waals surface area contributed by atoms with E-state index < -0.39 is 35.8 Å². The lowest BCUT2D eigenvalue weighted by Gasteiger charge is -2.24. The van der Waals surface area contributed by atoms with E-state index in [9.17, 15) is 14.4 Å². The molecule has 200 valence electrons. The lowest BCUT2D eigenvalue weighted by Crippen LogP contribution is -2.55. The summed E-state index contributed by atoms with van der Waals surface area (Å²) in [7, 11) is 1.62. The van der Waals surface area contributed by atoms with Crippen molar-refractivity contribution in [2.45, 2.75) is 56.7 Å². The van der Waals surface area contributed by atoms with Crippen LogP contribution in [-0.2, 0) is 14.4 Å². The van der Waals surface area contributed by atoms with Gasteiger partial charge in [0.05, 0.1) is 6.04 Å². The number of rotatable bonds is 18. The third-order valence-electron chi connectivity index (χ3n) is 4.91. The predicted molar refractivity (Wildman–Crippen MR) is 133 cm³/mol. The number of carbonyl (C=O) groups excluding carboxylic acids is 3. The lowest BCUT2D eigenvalue weighted by atomic mass is 10.1. The largest absolute Gasteiger partial charge is 0.370 e. The van der Waals surface area contributed by atoms with E-state index in [-0.39, 0.29) is 30.7 Å². The molecule has 0 heterocycles. The SMILES string of the molecule is CN[C@@H](CCCNC(=N)N)C(=O)N[C@@H](CCCNC(=N)N)C(=O)N[C@@H](CCCNC(=N)N)C(N)=O. The molecule has 16 heteroatoms. The monoisotopic (exact) mass is 499 g/mol. The van der Waals surface area contributed by atoms with Crippen molar-refractivity contribution in [2.75, 3.05) is 26.7 Å². The van der Waals surface area contributed by atoms with Crippen LogP contribution in [0.2, 0.25) is 0 Å². The molecular weight excluding hydrogens is 458 g/mol. The van der Waals surface area contributed by atoms with Crippen LogP contribution in [0.25, 0.3) is 0 Å². The van der Waals surface area contributed by atoms with Crippen LogP contribution in [0.15, 0.2) is 0 Å². The minimum atomic E-state index is -0.969. The first kappa shape index (κ1) is 31.2. The standard InChI is InChI=1S/C19H41N13O3/c1-27-12(6-3-9-29-18(23)24)15(34)32-13(7-4-10-30-19(25)26)16(35)31-11(14(20)33)5-2-8-28-17(21)22/h11-13,27H,2-10H2,1H3,(H2,20,33)(H,31,35)(H,32,34)(H4,21,22,28)(H4,23,24,29)(H4,25,26,30)/t11-,12-,13-/m0/s1. The molecule has 0 saturated carbocycles. The summed E-state index contributed by atoms with van der Waals surface area (Å²) >= 11 is 0. The second-order valence-electron chi connectivity index (χ2n) is 7.81. The Morgan fingerprint density at radius 1 is 0.629 bits per heavy atom. The highest BCUT2D eigenvalue weighted by molar-refractivity contribution is 5.92. The number of nitrogens with two attached hydrogens (primary N) is 4. The second kappa shape index (κ2) is 17.6. The summed E-state index contributed by atoms with van der Waals surface area (Å²) in [5.41, 5.74) is 21.2. The molecule has 0 spiro atoms. The Bertz CT molecular complexity index is 731. The summed E-state index contributed by atoms with van der Waals surface area (Å²) in [5.74, 6) is -2.28. The number of likely N-dealkylation sites (N-methyl/N-ethyl adjacent to an activating group) is 1. The highest BCUT2D eigenvalue weighted by Crippen LogP contribution is 2.04. The Kier molecular flexibility index (Phi) is 15.7. The minimum Gasteiger partial charge on any atom is -0.370 e. The van der Waals surface area contributed by atoms with Gasteiger partial charge < -0.3 is 54.8 Å². The second-order valence-corrected chi connectivity index (χ2v) is 7.81. The molecule has 0 bridgehead atoms. The summed E-state index contributed by atoms with van der Waals surface area (Å²) in [4.78, 5) is 37.6. The van der Waals surface area contributed by atoms with E-state index in [1.165, 1.54) is 0 Å². The van der Waals surface area contributed by atoms with Crippen LogP contribution in [0, 0.1) is 16.2 Å². The fourth-order valence-corrected chi connectivity index (χ4v) is 3.09. The fourth-order valence-electron chi connectivity index (χ4n) is 3.09. The van der Waals surface area contributed by atoms with E-state index in [2.05, 4.69) is 31.9 Å². The number of carbonyl (C=O) groups is 3. The Morgan fingerprint density at radius 2 is 0.971 bits per heavy atom. The fraction of sp³-hybridized carbons (Fsp3) is 0.684. The van der Waals surface area contributed by atoms with Crippen molar-refractivity contribution >= 4 is 35.6 Å². The smallest absolute Gasteiger partial charge is 0.243 e. The first-order valence-electron chi connectivity index (χ1n) is 11.3. The molecule has 17 N–H and O–H groups in total. The molecule has 0 rings (SSSR count). The van der Waals surface area contributed by atoms with Gasteiger partial charge in [0.15, 0.2) is 17.9 Å². The number of primary amides is 1. The zero-order chi connectivity index (χ0) is 26.8. The van der Waals surface area contributed by atoms with Crippen molar-refractivity contribution in [3.05, 3.63) is 0 Å². The summed E-state index contributed by atoms with van der Waals surface area (Å²) in [5, 5.41) is 37.6. The van der Waals surface area contributed by atoms with Gasteiger partial charge in [0, 0.05) is 19.6 Å². The van der Waals surface area contributed by atoms with Crippen LogP contribution < -0.4 is 54.8 Å². The molecule has 0 aromatic carbocycles. The number of nitrogens with one attached hydrogen (secondary N) is 9. The lowest BCUT2D eigenvalue weighted by molar-refractivity contribution is -0.132. The molecule has 0 aliphatic heterocycles. The summed E-state index contributed by atoms with van der Waals surface area (Å²) < 4.78 is 0. The highest BCUT2D eigenvalue weighted by Gasteiger charge is 2.27. The molecule has 0 aromatic rings. The molecule has 0 unspecified atom stereocenters. The maximum Gasteiger partial charge on any atom is 0.243 e. The molecule has 0 radical (unpaired) electrons. The first-order chi connectivity index (χ1) is 16.5. The highest BCUT2D eigenvalue weighted by atomic mass is 16.2. The Balaban J connectivity index is 5.13. The molecule has 0 fully saturated rings. The molecule has 16 nitrogen and oxygen atoms in total. The third-order valence-corrected chi connectivity index (χ3v) is 4.91. The van der Waals surface area contributed by atoms with E-state index in [0.29, 0.717) is 45.3 Å². The van der Waals surface area contributed by atoms with Gasteiger partial charge in [0.2, 0.25) is 17.7 Å². The minimum absolute atomic E-state index is 0.160. The summed E-state index contributed by atoms with van der Waals surface area (Å²) in [6.45, 7) is 1.06. The van der Waals surface area contributed by atoms with Crippen molar-refractivity contribution in [2.24, 2.45) is 22.9 Å². The van der Waals surface area contributed by atoms with Crippen molar-refractivity contribution in [3.63, 3.8) is 0 Å². The summed E-state index contributed by atoms with van der Waals surface area (Å²) in [6.07, 6.45) is 2.25. The van der Waals surface area contributed by atoms with Crippen LogP contribution >= 0.6 is 0 Å². The predicted octanol–water partition coefficient (Wildman–Crippen LogP) is -4.18. The first-order valence-corrected chi connectivity index (χ1v) is 11.3. The molecule has 0 aliphatic carbocycles. The van der Waals surface area contributed by atoms with Crippen LogP contribution in [0.5, 0.6) is 0 Å². The molecule has 3 atom stereocenters. The van der Waals surface area contributed by atoms with Gasteiger partial charge in [-0.3, -0.25) is 30.6 Å². The molecule has 0 saturated heterocycles. The van der Waals surface area contributed by atoms with Crippen molar-refractivity contribution < 1.29 is 14.4 Å². The van der Waals surface area contributed by atoms with Gasteiger partial charge in [-0.1, -0.05) is 0 Å². The molecule has 35 heavy (non-hydrogen) atoms. The van der Waals surface area contributed by atoms with Crippen molar-refractivity contribution in [1.82, 2.24) is 31.9 Å². The normalized spacial score (nSPS) is 12.9. The van der Waals surface area contributed by atoms with Crippen LogP contribution in [0.1, 0.15) is 38.5 Å². The van der Waals surface area contributed by atoms with Crippen LogP contribution in [-0.4, -0.2) is 80.4 Å². The number of hydrogen-bond acceptors (Lipinski definition) is 7. The Morgan fingerprint density at radius 3 is 1.34 bits per heavy atom. The quantitative estimate of drug-likeness (QED) is 0.0490. The maximum absolute atomic E-state index is 13.0. The topological polar surface area (TPSA) is 299 Å². The Hall–Kier alpha value is -3.82. The molecular formula is C19H41N13O3. The number of amides is 3. The zero-order valence-electron chi connectivity index (χ0n) is 20.1. The number of guanidine groups is 3. The average Bonchev–Trinajstić information content (AvgIpc) is 2.76. The van der Waals surface area contributed by atoms with Crippen LogP contribution in [0.3, 0.4) is 0 Å². The van der Waals surface area contributed by atoms with E-state index in [0.717, 1.165) is 0 Å². The van der Waals surface area contributed by atoms with Gasteiger partial charge in [-0.25, -0.2) is 0 Å². The number of hydrogen-bond donors (Lipinski definition) is 13. The van der Waals surface area contributed by atoms with E-state index >= 15 is 0 Å². The Labute approximate surface area is 205 Å². The van der Waals surface area contributed by atoms with Crippen LogP contribution in [0.4, 0.5) is 0 Å². The third kappa shape index (κ3) is 15.6. The van der Waals surface area contributed by atoms with Gasteiger partial charge in [-0.15, -0.1) is 0 Å². The van der Waals surface area contributed by atoms with Crippen molar-refractivity contribution in [1.29, 1.82) is 16.2 Å². The van der Waals surface area contributed by atoms with Gasteiger partial charge in [-0.05, 0) is 45.6 Å². The van der Waals surface area contributed by atoms with Gasteiger partial charge in [0.1, 0.15) is 12.1 Å². The van der Waals surface area contributed by atoms with E-state index in [4.69, 9.17) is 39.2 Å². The van der Waals surface area contributed by atoms with Gasteiger partial charge in [0.25, 0.3) is 0 Å². The zero-order valence-corrected chi connectivity index (χ0v) is 20.1. The molecule has 3 amide bonds. The van der Waals surface area contributed by atoms with E-state index in [1.807, 2.05) is 0 Å². The van der Waals surface area contributed by atoms with Gasteiger partial charge >= 0.3 is 0 Å². The summed E-state index contributed by atoms with van der Waals surface area (Å²) in [6, 6.07) is -2.53. The van der Waals surface area contributed by atoms with E-state index in [1.54, 1.807) is 7.05 Å².